The van der Waals surface area contributed by atoms with Gasteiger partial charge in [0.1, 0.15) is 0 Å². The zero-order chi connectivity index (χ0) is 15.8. The Morgan fingerprint density at radius 2 is 1.64 bits per heavy atom. The third-order valence-electron chi connectivity index (χ3n) is 3.72. The van der Waals surface area contributed by atoms with E-state index in [1.165, 1.54) is 5.56 Å². The van der Waals surface area contributed by atoms with E-state index in [0.717, 1.165) is 18.5 Å². The Balaban J connectivity index is 2.13. The van der Waals surface area contributed by atoms with Crippen LogP contribution in [0.2, 0.25) is 0 Å². The number of hydrogen-bond donors (Lipinski definition) is 1. The maximum atomic E-state index is 12.7. The molecule has 0 saturated carbocycles. The van der Waals surface area contributed by atoms with Crippen LogP contribution in [0.5, 0.6) is 0 Å². The maximum Gasteiger partial charge on any atom is 0.243 e. The second-order valence-electron chi connectivity index (χ2n) is 5.46. The molecule has 1 atom stereocenters. The second kappa shape index (κ2) is 8.35. The highest BCUT2D eigenvalue weighted by molar-refractivity contribution is 5.97. The van der Waals surface area contributed by atoms with Gasteiger partial charge < -0.3 is 10.6 Å². The summed E-state index contributed by atoms with van der Waals surface area (Å²) in [6.45, 7) is 2.69. The van der Waals surface area contributed by atoms with Crippen molar-refractivity contribution >= 4 is 11.6 Å². The number of nitrogens with two attached hydrogens (primary N) is 1. The molecule has 0 aromatic heterocycles. The van der Waals surface area contributed by atoms with Gasteiger partial charge in [0.15, 0.2) is 0 Å². The van der Waals surface area contributed by atoms with Gasteiger partial charge in [-0.3, -0.25) is 4.79 Å². The molecule has 22 heavy (non-hydrogen) atoms. The normalized spacial score (nSPS) is 11.9. The van der Waals surface area contributed by atoms with Crippen molar-refractivity contribution in [3.63, 3.8) is 0 Å². The lowest BCUT2D eigenvalue weighted by atomic mass is 10.1. The summed E-state index contributed by atoms with van der Waals surface area (Å²) < 4.78 is 0. The van der Waals surface area contributed by atoms with Gasteiger partial charge in [0, 0.05) is 12.2 Å². The Bertz CT molecular complexity index is 569. The minimum absolute atomic E-state index is 0.00369. The van der Waals surface area contributed by atoms with Crippen molar-refractivity contribution in [3.05, 3.63) is 66.2 Å². The summed E-state index contributed by atoms with van der Waals surface area (Å²) in [5.41, 5.74) is 8.18. The van der Waals surface area contributed by atoms with Crippen molar-refractivity contribution in [1.82, 2.24) is 0 Å². The van der Waals surface area contributed by atoms with E-state index in [0.29, 0.717) is 13.0 Å². The first kappa shape index (κ1) is 16.2. The Hall–Kier alpha value is -2.13. The molecule has 2 rings (SSSR count). The topological polar surface area (TPSA) is 46.3 Å². The summed E-state index contributed by atoms with van der Waals surface area (Å²) in [5, 5.41) is 0. The van der Waals surface area contributed by atoms with Gasteiger partial charge >= 0.3 is 0 Å². The highest BCUT2D eigenvalue weighted by atomic mass is 16.2. The molecule has 0 bridgehead atoms. The highest BCUT2D eigenvalue weighted by Crippen LogP contribution is 2.16. The minimum Gasteiger partial charge on any atom is -0.320 e. The van der Waals surface area contributed by atoms with Crippen LogP contribution in [0.4, 0.5) is 5.69 Å². The fraction of sp³-hybridized carbons (Fsp3) is 0.316. The quantitative estimate of drug-likeness (QED) is 0.851. The molecule has 3 nitrogen and oxygen atoms in total. The van der Waals surface area contributed by atoms with Crippen molar-refractivity contribution in [1.29, 1.82) is 0 Å². The summed E-state index contributed by atoms with van der Waals surface area (Å²) >= 11 is 0. The monoisotopic (exact) mass is 296 g/mol. The van der Waals surface area contributed by atoms with Crippen molar-refractivity contribution in [2.75, 3.05) is 11.4 Å². The van der Waals surface area contributed by atoms with Crippen LogP contribution in [0.25, 0.3) is 0 Å². The number of para-hydroxylation sites is 1. The van der Waals surface area contributed by atoms with Crippen LogP contribution in [-0.4, -0.2) is 18.5 Å². The van der Waals surface area contributed by atoms with Gasteiger partial charge in [0.05, 0.1) is 6.04 Å². The summed E-state index contributed by atoms with van der Waals surface area (Å²) in [7, 11) is 0. The average molecular weight is 296 g/mol. The lowest BCUT2D eigenvalue weighted by molar-refractivity contribution is -0.120. The van der Waals surface area contributed by atoms with Crippen LogP contribution < -0.4 is 10.6 Å². The summed E-state index contributed by atoms with van der Waals surface area (Å²) in [6, 6.07) is 19.5. The van der Waals surface area contributed by atoms with Crippen LogP contribution in [0.3, 0.4) is 0 Å². The molecule has 3 heteroatoms. The van der Waals surface area contributed by atoms with E-state index in [2.05, 4.69) is 12.1 Å². The number of hydrogen-bond acceptors (Lipinski definition) is 2. The van der Waals surface area contributed by atoms with Gasteiger partial charge in [0.2, 0.25) is 5.91 Å². The minimum atomic E-state index is -0.430. The van der Waals surface area contributed by atoms with Gasteiger partial charge in [-0.2, -0.15) is 0 Å². The van der Waals surface area contributed by atoms with Gasteiger partial charge in [-0.15, -0.1) is 0 Å². The lowest BCUT2D eigenvalue weighted by Crippen LogP contribution is -2.44. The Kier molecular flexibility index (Phi) is 6.16. The molecule has 2 aromatic rings. The maximum absolute atomic E-state index is 12.7. The van der Waals surface area contributed by atoms with Crippen LogP contribution in [0.1, 0.15) is 25.3 Å². The number of nitrogens with zero attached hydrogens (tertiary/aromatic N) is 1. The number of amides is 1. The van der Waals surface area contributed by atoms with Crippen molar-refractivity contribution in [2.24, 2.45) is 5.73 Å². The number of rotatable bonds is 7. The van der Waals surface area contributed by atoms with Gasteiger partial charge in [-0.05, 0) is 30.5 Å². The fourth-order valence-corrected chi connectivity index (χ4v) is 2.49. The van der Waals surface area contributed by atoms with E-state index in [-0.39, 0.29) is 5.91 Å². The third-order valence-corrected chi connectivity index (χ3v) is 3.72. The molecule has 0 heterocycles. The molecule has 2 N–H and O–H groups in total. The fourth-order valence-electron chi connectivity index (χ4n) is 2.49. The van der Waals surface area contributed by atoms with Crippen LogP contribution in [0.15, 0.2) is 60.7 Å². The lowest BCUT2D eigenvalue weighted by Gasteiger charge is -2.26. The predicted octanol–water partition coefficient (Wildman–Crippen LogP) is 3.39. The van der Waals surface area contributed by atoms with Crippen molar-refractivity contribution < 1.29 is 4.79 Å². The first-order chi connectivity index (χ1) is 10.7. The number of carbonyl (C=O) groups is 1. The molecule has 0 radical (unpaired) electrons. The Morgan fingerprint density at radius 3 is 2.23 bits per heavy atom. The predicted molar refractivity (Wildman–Crippen MR) is 91.8 cm³/mol. The van der Waals surface area contributed by atoms with Crippen LogP contribution in [0, 0.1) is 0 Å². The van der Waals surface area contributed by atoms with Gasteiger partial charge in [-0.25, -0.2) is 0 Å². The third kappa shape index (κ3) is 4.43. The first-order valence-electron chi connectivity index (χ1n) is 7.88. The Morgan fingerprint density at radius 1 is 1.05 bits per heavy atom. The molecular formula is C19H24N2O. The zero-order valence-corrected chi connectivity index (χ0v) is 13.1. The van der Waals surface area contributed by atoms with Gasteiger partial charge in [-0.1, -0.05) is 61.9 Å². The summed E-state index contributed by atoms with van der Waals surface area (Å²) in [5.74, 6) is 0.00369. The standard InChI is InChI=1S/C19H24N2O/c1-2-9-18(20)19(22)21(17-12-7-4-8-13-17)15-14-16-10-5-3-6-11-16/h3-8,10-13,18H,2,9,14-15,20H2,1H3. The van der Waals surface area contributed by atoms with E-state index >= 15 is 0 Å². The molecule has 2 aromatic carbocycles. The molecule has 0 saturated heterocycles. The SMILES string of the molecule is CCCC(N)C(=O)N(CCc1ccccc1)c1ccccc1. The summed E-state index contributed by atoms with van der Waals surface area (Å²) in [6.07, 6.45) is 2.45. The van der Waals surface area contributed by atoms with E-state index in [4.69, 9.17) is 5.73 Å². The molecule has 116 valence electrons. The van der Waals surface area contributed by atoms with Crippen LogP contribution >= 0.6 is 0 Å². The van der Waals surface area contributed by atoms with E-state index in [1.54, 1.807) is 0 Å². The molecule has 0 spiro atoms. The van der Waals surface area contributed by atoms with E-state index < -0.39 is 6.04 Å². The van der Waals surface area contributed by atoms with E-state index in [1.807, 2.05) is 60.4 Å². The average Bonchev–Trinajstić information content (AvgIpc) is 2.57. The zero-order valence-electron chi connectivity index (χ0n) is 13.1. The van der Waals surface area contributed by atoms with Gasteiger partial charge in [0.25, 0.3) is 0 Å². The Labute approximate surface area is 132 Å². The molecular weight excluding hydrogens is 272 g/mol. The largest absolute Gasteiger partial charge is 0.320 e. The summed E-state index contributed by atoms with van der Waals surface area (Å²) in [4.78, 5) is 14.5. The molecule has 0 aliphatic carbocycles. The number of anilines is 1. The molecule has 1 amide bonds. The number of benzene rings is 2. The highest BCUT2D eigenvalue weighted by Gasteiger charge is 2.21. The molecule has 1 unspecified atom stereocenters. The van der Waals surface area contributed by atoms with Crippen molar-refractivity contribution in [3.8, 4) is 0 Å². The molecule has 0 fully saturated rings. The molecule has 0 aliphatic heterocycles. The first-order valence-corrected chi connectivity index (χ1v) is 7.88. The number of carbonyl (C=O) groups excluding carboxylic acids is 1. The smallest absolute Gasteiger partial charge is 0.243 e. The van der Waals surface area contributed by atoms with Crippen molar-refractivity contribution in [2.45, 2.75) is 32.2 Å². The molecule has 0 aliphatic rings. The van der Waals surface area contributed by atoms with E-state index in [9.17, 15) is 4.79 Å². The second-order valence-corrected chi connectivity index (χ2v) is 5.46. The van der Waals surface area contributed by atoms with Crippen LogP contribution in [-0.2, 0) is 11.2 Å².